The molecule has 0 radical (unpaired) electrons. The van der Waals surface area contributed by atoms with E-state index in [9.17, 15) is 4.39 Å². The molecule has 2 fully saturated rings. The molecule has 0 amide bonds. The quantitative estimate of drug-likeness (QED) is 0.851. The molecule has 2 aliphatic carbocycles. The van der Waals surface area contributed by atoms with Gasteiger partial charge in [0.1, 0.15) is 5.82 Å². The normalized spacial score (nSPS) is 29.9. The monoisotopic (exact) mass is 275 g/mol. The summed E-state index contributed by atoms with van der Waals surface area (Å²) in [6.07, 6.45) is 5.60. The topological polar surface area (TPSA) is 12.0 Å². The maximum Gasteiger partial charge on any atom is 0.123 e. The van der Waals surface area contributed by atoms with Gasteiger partial charge in [-0.3, -0.25) is 0 Å². The molecule has 0 spiro atoms. The molecule has 0 heterocycles. The lowest BCUT2D eigenvalue weighted by molar-refractivity contribution is 0.452. The van der Waals surface area contributed by atoms with E-state index in [-0.39, 0.29) is 5.82 Å². The van der Waals surface area contributed by atoms with Crippen molar-refractivity contribution >= 4 is 0 Å². The summed E-state index contributed by atoms with van der Waals surface area (Å²) in [4.78, 5) is 0. The summed E-state index contributed by atoms with van der Waals surface area (Å²) in [6.45, 7) is 7.27. The van der Waals surface area contributed by atoms with Crippen molar-refractivity contribution < 1.29 is 4.39 Å². The molecule has 0 aliphatic heterocycles. The Morgan fingerprint density at radius 1 is 1.15 bits per heavy atom. The van der Waals surface area contributed by atoms with E-state index in [2.05, 4.69) is 26.1 Å². The van der Waals surface area contributed by atoms with Crippen LogP contribution in [0.25, 0.3) is 0 Å². The van der Waals surface area contributed by atoms with Crippen LogP contribution in [-0.2, 0) is 0 Å². The second-order valence-corrected chi connectivity index (χ2v) is 6.68. The second-order valence-electron chi connectivity index (χ2n) is 6.68. The Balaban J connectivity index is 1.91. The van der Waals surface area contributed by atoms with Gasteiger partial charge >= 0.3 is 0 Å². The third-order valence-corrected chi connectivity index (χ3v) is 5.40. The Labute approximate surface area is 122 Å². The molecule has 3 rings (SSSR count). The summed E-state index contributed by atoms with van der Waals surface area (Å²) in [6, 6.07) is 3.81. The van der Waals surface area contributed by atoms with Gasteiger partial charge in [0.15, 0.2) is 0 Å². The van der Waals surface area contributed by atoms with Crippen LogP contribution >= 0.6 is 0 Å². The minimum absolute atomic E-state index is 0.104. The lowest BCUT2D eigenvalue weighted by atomic mass is 9.91. The van der Waals surface area contributed by atoms with Crippen molar-refractivity contribution in [3.63, 3.8) is 0 Å². The van der Waals surface area contributed by atoms with E-state index < -0.39 is 0 Å². The highest BCUT2D eigenvalue weighted by molar-refractivity contribution is 5.38. The number of aryl methyl sites for hydroxylation is 2. The van der Waals surface area contributed by atoms with Crippen molar-refractivity contribution in [1.82, 2.24) is 5.32 Å². The van der Waals surface area contributed by atoms with Gasteiger partial charge in [-0.15, -0.1) is 0 Å². The zero-order valence-corrected chi connectivity index (χ0v) is 12.9. The highest BCUT2D eigenvalue weighted by Gasteiger charge is 2.54. The molecule has 0 saturated heterocycles. The van der Waals surface area contributed by atoms with Crippen LogP contribution in [0.2, 0.25) is 0 Å². The van der Waals surface area contributed by atoms with Crippen LogP contribution in [0.1, 0.15) is 55.3 Å². The van der Waals surface area contributed by atoms with E-state index in [4.69, 9.17) is 0 Å². The molecule has 0 bridgehead atoms. The van der Waals surface area contributed by atoms with Gasteiger partial charge in [0, 0.05) is 6.04 Å². The smallest absolute Gasteiger partial charge is 0.123 e. The summed E-state index contributed by atoms with van der Waals surface area (Å²) >= 11 is 0. The van der Waals surface area contributed by atoms with E-state index in [1.54, 1.807) is 12.1 Å². The van der Waals surface area contributed by atoms with Gasteiger partial charge in [-0.1, -0.05) is 19.8 Å². The van der Waals surface area contributed by atoms with Gasteiger partial charge in [0.25, 0.3) is 0 Å². The fraction of sp³-hybridized carbons (Fsp3) is 0.667. The largest absolute Gasteiger partial charge is 0.310 e. The number of hydrogen-bond acceptors (Lipinski definition) is 1. The molecule has 20 heavy (non-hydrogen) atoms. The fourth-order valence-corrected chi connectivity index (χ4v) is 4.61. The minimum atomic E-state index is -0.104. The summed E-state index contributed by atoms with van der Waals surface area (Å²) in [5, 5.41) is 3.70. The van der Waals surface area contributed by atoms with Crippen molar-refractivity contribution in [2.75, 3.05) is 6.54 Å². The van der Waals surface area contributed by atoms with E-state index in [1.165, 1.54) is 31.2 Å². The first-order chi connectivity index (χ1) is 9.63. The molecule has 3 unspecified atom stereocenters. The SMILES string of the molecule is CCNC(c1c(C)cc(F)cc1C)C1C2CCCCC21. The maximum atomic E-state index is 13.5. The molecule has 3 atom stereocenters. The summed E-state index contributed by atoms with van der Waals surface area (Å²) < 4.78 is 13.5. The van der Waals surface area contributed by atoms with Crippen LogP contribution in [0.4, 0.5) is 4.39 Å². The molecule has 1 N–H and O–H groups in total. The van der Waals surface area contributed by atoms with Crippen molar-refractivity contribution in [2.24, 2.45) is 17.8 Å². The van der Waals surface area contributed by atoms with Crippen molar-refractivity contribution in [2.45, 2.75) is 52.5 Å². The lowest BCUT2D eigenvalue weighted by Gasteiger charge is -2.23. The molecule has 0 aromatic heterocycles. The molecule has 2 heteroatoms. The zero-order chi connectivity index (χ0) is 14.3. The standard InChI is InChI=1S/C18H26FN/c1-4-20-18(17-14-7-5-6-8-15(14)17)16-11(2)9-13(19)10-12(16)3/h9-10,14-15,17-18,20H,4-8H2,1-3H3. The molecular weight excluding hydrogens is 249 g/mol. The first-order valence-corrected chi connectivity index (χ1v) is 8.13. The number of rotatable bonds is 4. The summed E-state index contributed by atoms with van der Waals surface area (Å²) in [5.41, 5.74) is 3.57. The third kappa shape index (κ3) is 2.39. The first kappa shape index (κ1) is 14.1. The molecule has 110 valence electrons. The van der Waals surface area contributed by atoms with Gasteiger partial charge in [-0.05, 0) is 79.8 Å². The Morgan fingerprint density at radius 2 is 1.70 bits per heavy atom. The van der Waals surface area contributed by atoms with Crippen LogP contribution in [-0.4, -0.2) is 6.54 Å². The maximum absolute atomic E-state index is 13.5. The van der Waals surface area contributed by atoms with Gasteiger partial charge < -0.3 is 5.32 Å². The van der Waals surface area contributed by atoms with Gasteiger partial charge in [0.05, 0.1) is 0 Å². The average molecular weight is 275 g/mol. The van der Waals surface area contributed by atoms with E-state index in [0.717, 1.165) is 35.4 Å². The Kier molecular flexibility index (Phi) is 3.85. The van der Waals surface area contributed by atoms with Crippen LogP contribution in [0, 0.1) is 37.4 Å². The van der Waals surface area contributed by atoms with Crippen LogP contribution in [0.5, 0.6) is 0 Å². The summed E-state index contributed by atoms with van der Waals surface area (Å²) in [7, 11) is 0. The minimum Gasteiger partial charge on any atom is -0.310 e. The number of fused-ring (bicyclic) bond motifs is 1. The predicted octanol–water partition coefficient (Wildman–Crippen LogP) is 4.53. The number of nitrogens with one attached hydrogen (secondary N) is 1. The lowest BCUT2D eigenvalue weighted by Crippen LogP contribution is -2.25. The van der Waals surface area contributed by atoms with E-state index in [0.29, 0.717) is 6.04 Å². The predicted molar refractivity (Wildman–Crippen MR) is 81.2 cm³/mol. The molecule has 1 aromatic carbocycles. The number of halogens is 1. The zero-order valence-electron chi connectivity index (χ0n) is 12.9. The van der Waals surface area contributed by atoms with Crippen LogP contribution in [0.15, 0.2) is 12.1 Å². The molecular formula is C18H26FN. The third-order valence-electron chi connectivity index (χ3n) is 5.40. The molecule has 2 saturated carbocycles. The van der Waals surface area contributed by atoms with Crippen LogP contribution in [0.3, 0.4) is 0 Å². The van der Waals surface area contributed by atoms with E-state index >= 15 is 0 Å². The Hall–Kier alpha value is -0.890. The highest BCUT2D eigenvalue weighted by Crippen LogP contribution is 2.60. The van der Waals surface area contributed by atoms with Gasteiger partial charge in [-0.25, -0.2) is 4.39 Å². The Morgan fingerprint density at radius 3 is 2.20 bits per heavy atom. The molecule has 1 nitrogen and oxygen atoms in total. The second kappa shape index (κ2) is 5.48. The number of benzene rings is 1. The Bertz CT molecular complexity index is 461. The fourth-order valence-electron chi connectivity index (χ4n) is 4.61. The molecule has 2 aliphatic rings. The first-order valence-electron chi connectivity index (χ1n) is 8.13. The van der Waals surface area contributed by atoms with Gasteiger partial charge in [-0.2, -0.15) is 0 Å². The summed E-state index contributed by atoms with van der Waals surface area (Å²) in [5.74, 6) is 2.50. The van der Waals surface area contributed by atoms with Crippen LogP contribution < -0.4 is 5.32 Å². The highest BCUT2D eigenvalue weighted by atomic mass is 19.1. The molecule has 1 aromatic rings. The number of hydrogen-bond donors (Lipinski definition) is 1. The van der Waals surface area contributed by atoms with Gasteiger partial charge in [0.2, 0.25) is 0 Å². The van der Waals surface area contributed by atoms with Crippen molar-refractivity contribution in [3.05, 3.63) is 34.6 Å². The average Bonchev–Trinajstić information content (AvgIpc) is 3.10. The van der Waals surface area contributed by atoms with Crippen molar-refractivity contribution in [1.29, 1.82) is 0 Å². The van der Waals surface area contributed by atoms with Crippen molar-refractivity contribution in [3.8, 4) is 0 Å². The van der Waals surface area contributed by atoms with E-state index in [1.807, 2.05) is 0 Å².